The van der Waals surface area contributed by atoms with Crippen LogP contribution < -0.4 is 16.0 Å². The third kappa shape index (κ3) is 3.60. The molecule has 2 aromatic rings. The molecule has 0 aliphatic rings. The van der Waals surface area contributed by atoms with Gasteiger partial charge in [0.05, 0.1) is 6.61 Å². The van der Waals surface area contributed by atoms with Gasteiger partial charge in [-0.3, -0.25) is 9.36 Å². The molecule has 0 aliphatic carbocycles. The highest BCUT2D eigenvalue weighted by molar-refractivity contribution is 9.10. The minimum Gasteiger partial charge on any atom is -0.494 e. The number of anilines is 1. The van der Waals surface area contributed by atoms with E-state index in [2.05, 4.69) is 20.9 Å². The maximum absolute atomic E-state index is 11.9. The Labute approximate surface area is 125 Å². The van der Waals surface area contributed by atoms with E-state index in [0.717, 1.165) is 12.2 Å². The van der Waals surface area contributed by atoms with Crippen molar-refractivity contribution in [2.45, 2.75) is 19.9 Å². The zero-order chi connectivity index (χ0) is 14.5. The number of aromatic nitrogens is 2. The summed E-state index contributed by atoms with van der Waals surface area (Å²) in [5, 5.41) is 0. The van der Waals surface area contributed by atoms with Crippen molar-refractivity contribution in [1.82, 2.24) is 9.55 Å². The number of nitrogen functional groups attached to an aromatic ring is 1. The van der Waals surface area contributed by atoms with Crippen molar-refractivity contribution in [3.8, 4) is 5.75 Å². The molecule has 0 saturated heterocycles. The first-order chi connectivity index (χ1) is 9.58. The van der Waals surface area contributed by atoms with Gasteiger partial charge in [0.2, 0.25) is 0 Å². The zero-order valence-corrected chi connectivity index (χ0v) is 12.8. The molecule has 0 radical (unpaired) electrons. The van der Waals surface area contributed by atoms with E-state index >= 15 is 0 Å². The molecule has 0 atom stereocenters. The highest BCUT2D eigenvalue weighted by Gasteiger charge is 2.05. The van der Waals surface area contributed by atoms with Crippen LogP contribution in [0.3, 0.4) is 0 Å². The highest BCUT2D eigenvalue weighted by Crippen LogP contribution is 2.13. The number of benzene rings is 1. The molecule has 2 rings (SSSR count). The summed E-state index contributed by atoms with van der Waals surface area (Å²) in [6.45, 7) is 2.92. The molecular formula is C14H16BrN3O2. The Balaban J connectivity index is 1.89. The van der Waals surface area contributed by atoms with E-state index in [9.17, 15) is 4.79 Å². The number of ether oxygens (including phenoxy) is 1. The molecule has 106 valence electrons. The van der Waals surface area contributed by atoms with Crippen LogP contribution in [0.15, 0.2) is 39.7 Å². The molecule has 1 aromatic heterocycles. The molecule has 0 amide bonds. The fourth-order valence-corrected chi connectivity index (χ4v) is 2.11. The minimum absolute atomic E-state index is 0.0648. The van der Waals surface area contributed by atoms with Crippen LogP contribution in [0.5, 0.6) is 5.75 Å². The van der Waals surface area contributed by atoms with Gasteiger partial charge in [-0.1, -0.05) is 0 Å². The normalized spacial score (nSPS) is 10.5. The molecule has 0 saturated carbocycles. The van der Waals surface area contributed by atoms with E-state index in [1.54, 1.807) is 16.7 Å². The van der Waals surface area contributed by atoms with E-state index in [1.165, 1.54) is 6.20 Å². The van der Waals surface area contributed by atoms with Crippen molar-refractivity contribution in [2.24, 2.45) is 0 Å². The lowest BCUT2D eigenvalue weighted by molar-refractivity contribution is 0.300. The van der Waals surface area contributed by atoms with Crippen LogP contribution in [0.4, 0.5) is 5.69 Å². The number of rotatable bonds is 5. The number of hydrogen-bond acceptors (Lipinski definition) is 4. The molecule has 6 heteroatoms. The minimum atomic E-state index is -0.0648. The number of nitrogens with two attached hydrogens (primary N) is 1. The van der Waals surface area contributed by atoms with Crippen molar-refractivity contribution in [3.05, 3.63) is 51.1 Å². The van der Waals surface area contributed by atoms with Crippen molar-refractivity contribution in [2.75, 3.05) is 12.3 Å². The third-order valence-corrected chi connectivity index (χ3v) is 3.42. The molecule has 1 heterocycles. The fraction of sp³-hybridized carbons (Fsp3) is 0.286. The molecule has 1 aromatic carbocycles. The Bertz CT molecular complexity index is 638. The summed E-state index contributed by atoms with van der Waals surface area (Å²) < 4.78 is 7.70. The second-order valence-electron chi connectivity index (χ2n) is 4.38. The maximum atomic E-state index is 11.9. The standard InChI is InChI=1S/C14H16BrN3O2/c1-10-17-9-13(15)14(19)18(10)7-2-8-20-12-5-3-11(16)4-6-12/h3-6,9H,2,7-8,16H2,1H3. The Morgan fingerprint density at radius 1 is 1.35 bits per heavy atom. The molecule has 2 N–H and O–H groups in total. The fourth-order valence-electron chi connectivity index (χ4n) is 1.79. The molecule has 0 bridgehead atoms. The van der Waals surface area contributed by atoms with Gasteiger partial charge in [0.1, 0.15) is 16.0 Å². The van der Waals surface area contributed by atoms with Crippen molar-refractivity contribution in [1.29, 1.82) is 0 Å². The van der Waals surface area contributed by atoms with Crippen LogP contribution in [-0.4, -0.2) is 16.2 Å². The van der Waals surface area contributed by atoms with Crippen LogP contribution in [-0.2, 0) is 6.54 Å². The summed E-state index contributed by atoms with van der Waals surface area (Å²) in [4.78, 5) is 16.1. The van der Waals surface area contributed by atoms with Crippen molar-refractivity contribution < 1.29 is 4.74 Å². The van der Waals surface area contributed by atoms with Gasteiger partial charge in [0.25, 0.3) is 5.56 Å². The number of hydrogen-bond donors (Lipinski definition) is 1. The van der Waals surface area contributed by atoms with Gasteiger partial charge in [-0.25, -0.2) is 4.98 Å². The Kier molecular flexibility index (Phi) is 4.79. The van der Waals surface area contributed by atoms with Crippen LogP contribution >= 0.6 is 15.9 Å². The first-order valence-corrected chi connectivity index (χ1v) is 7.07. The van der Waals surface area contributed by atoms with Gasteiger partial charge < -0.3 is 10.5 Å². The summed E-state index contributed by atoms with van der Waals surface area (Å²) in [6.07, 6.45) is 2.25. The van der Waals surface area contributed by atoms with Gasteiger partial charge in [0, 0.05) is 18.4 Å². The Morgan fingerprint density at radius 2 is 2.05 bits per heavy atom. The lowest BCUT2D eigenvalue weighted by Crippen LogP contribution is -2.24. The summed E-state index contributed by atoms with van der Waals surface area (Å²) >= 11 is 3.19. The van der Waals surface area contributed by atoms with E-state index in [-0.39, 0.29) is 5.56 Å². The number of nitrogens with zero attached hydrogens (tertiary/aromatic N) is 2. The SMILES string of the molecule is Cc1ncc(Br)c(=O)n1CCCOc1ccc(N)cc1. The van der Waals surface area contributed by atoms with Gasteiger partial charge >= 0.3 is 0 Å². The smallest absolute Gasteiger partial charge is 0.267 e. The first kappa shape index (κ1) is 14.6. The quantitative estimate of drug-likeness (QED) is 0.671. The van der Waals surface area contributed by atoms with Crippen LogP contribution in [0.25, 0.3) is 0 Å². The second-order valence-corrected chi connectivity index (χ2v) is 5.24. The monoisotopic (exact) mass is 337 g/mol. The summed E-state index contributed by atoms with van der Waals surface area (Å²) in [6, 6.07) is 7.24. The topological polar surface area (TPSA) is 70.1 Å². The Hall–Kier alpha value is -1.82. The summed E-state index contributed by atoms with van der Waals surface area (Å²) in [5.74, 6) is 1.47. The molecular weight excluding hydrogens is 322 g/mol. The van der Waals surface area contributed by atoms with Gasteiger partial charge in [-0.2, -0.15) is 0 Å². The average molecular weight is 338 g/mol. The molecule has 0 unspecified atom stereocenters. The second kappa shape index (κ2) is 6.56. The molecule has 20 heavy (non-hydrogen) atoms. The van der Waals surface area contributed by atoms with Gasteiger partial charge in [-0.15, -0.1) is 0 Å². The summed E-state index contributed by atoms with van der Waals surface area (Å²) in [7, 11) is 0. The molecule has 0 fully saturated rings. The molecule has 0 spiro atoms. The third-order valence-electron chi connectivity index (χ3n) is 2.88. The zero-order valence-electron chi connectivity index (χ0n) is 11.2. The molecule has 0 aliphatic heterocycles. The van der Waals surface area contributed by atoms with E-state index in [4.69, 9.17) is 10.5 Å². The van der Waals surface area contributed by atoms with Crippen molar-refractivity contribution >= 4 is 21.6 Å². The van der Waals surface area contributed by atoms with E-state index in [1.807, 2.05) is 19.1 Å². The first-order valence-electron chi connectivity index (χ1n) is 6.28. The van der Waals surface area contributed by atoms with Gasteiger partial charge in [0.15, 0.2) is 0 Å². The van der Waals surface area contributed by atoms with E-state index < -0.39 is 0 Å². The molecule has 5 nitrogen and oxygen atoms in total. The average Bonchev–Trinajstić information content (AvgIpc) is 2.44. The van der Waals surface area contributed by atoms with Crippen LogP contribution in [0.2, 0.25) is 0 Å². The lowest BCUT2D eigenvalue weighted by Gasteiger charge is -2.10. The predicted octanol–water partition coefficient (Wildman–Crippen LogP) is 2.37. The predicted molar refractivity (Wildman–Crippen MR) is 81.9 cm³/mol. The van der Waals surface area contributed by atoms with E-state index in [0.29, 0.717) is 29.1 Å². The summed E-state index contributed by atoms with van der Waals surface area (Å²) in [5.41, 5.74) is 6.24. The number of aryl methyl sites for hydroxylation is 1. The number of halogens is 1. The van der Waals surface area contributed by atoms with Crippen molar-refractivity contribution in [3.63, 3.8) is 0 Å². The maximum Gasteiger partial charge on any atom is 0.267 e. The highest BCUT2D eigenvalue weighted by atomic mass is 79.9. The van der Waals surface area contributed by atoms with Crippen LogP contribution in [0, 0.1) is 6.92 Å². The largest absolute Gasteiger partial charge is 0.494 e. The lowest BCUT2D eigenvalue weighted by atomic mass is 10.3. The van der Waals surface area contributed by atoms with Crippen LogP contribution in [0.1, 0.15) is 12.2 Å². The van der Waals surface area contributed by atoms with Gasteiger partial charge in [-0.05, 0) is 53.5 Å². The Morgan fingerprint density at radius 3 is 2.75 bits per heavy atom.